The number of hydrogen-bond acceptors (Lipinski definition) is 3. The summed E-state index contributed by atoms with van der Waals surface area (Å²) in [6, 6.07) is 3.02. The first-order valence-electron chi connectivity index (χ1n) is 6.38. The van der Waals surface area contributed by atoms with Gasteiger partial charge in [0.2, 0.25) is 0 Å². The molecule has 0 amide bonds. The van der Waals surface area contributed by atoms with Crippen LogP contribution in [0.15, 0.2) is 0 Å². The summed E-state index contributed by atoms with van der Waals surface area (Å²) in [6.07, 6.45) is 6.74. The number of nitrogens with zero attached hydrogens (tertiary/aromatic N) is 1. The smallest absolute Gasteiger partial charge is 0.0202 e. The maximum Gasteiger partial charge on any atom is 0.0202 e. The van der Waals surface area contributed by atoms with Gasteiger partial charge in [-0.3, -0.25) is 4.90 Å². The highest BCUT2D eigenvalue weighted by molar-refractivity contribution is 8.00. The lowest BCUT2D eigenvalue weighted by molar-refractivity contribution is 0.0869. The van der Waals surface area contributed by atoms with Gasteiger partial charge in [-0.05, 0) is 32.1 Å². The molecule has 3 heteroatoms. The Balaban J connectivity index is 1.72. The number of piperidine rings is 1. The van der Waals surface area contributed by atoms with E-state index in [4.69, 9.17) is 5.73 Å². The predicted molar refractivity (Wildman–Crippen MR) is 66.2 cm³/mol. The second-order valence-corrected chi connectivity index (χ2v) is 7.07. The summed E-state index contributed by atoms with van der Waals surface area (Å²) in [5, 5.41) is 0.880. The molecular formula is C12H22N2S. The van der Waals surface area contributed by atoms with Crippen LogP contribution in [0.25, 0.3) is 0 Å². The van der Waals surface area contributed by atoms with Gasteiger partial charge in [0, 0.05) is 35.2 Å². The summed E-state index contributed by atoms with van der Waals surface area (Å²) in [5.41, 5.74) is 6.11. The number of rotatable bonds is 1. The Morgan fingerprint density at radius 3 is 2.27 bits per heavy atom. The van der Waals surface area contributed by atoms with Crippen LogP contribution in [0.5, 0.6) is 0 Å². The van der Waals surface area contributed by atoms with Crippen molar-refractivity contribution in [2.45, 2.75) is 68.4 Å². The summed E-state index contributed by atoms with van der Waals surface area (Å²) in [6.45, 7) is 2.38. The van der Waals surface area contributed by atoms with E-state index in [0.29, 0.717) is 6.04 Å². The van der Waals surface area contributed by atoms with Crippen molar-refractivity contribution in [2.24, 2.45) is 5.73 Å². The zero-order valence-electron chi connectivity index (χ0n) is 9.56. The van der Waals surface area contributed by atoms with E-state index in [0.717, 1.165) is 23.4 Å². The fraction of sp³-hybridized carbons (Fsp3) is 1.00. The van der Waals surface area contributed by atoms with E-state index in [9.17, 15) is 0 Å². The third-order valence-corrected chi connectivity index (χ3v) is 5.76. The van der Waals surface area contributed by atoms with Crippen LogP contribution >= 0.6 is 11.8 Å². The van der Waals surface area contributed by atoms with Crippen molar-refractivity contribution in [1.29, 1.82) is 0 Å². The van der Waals surface area contributed by atoms with Crippen LogP contribution in [0, 0.1) is 0 Å². The minimum absolute atomic E-state index is 0.491. The lowest BCUT2D eigenvalue weighted by Crippen LogP contribution is -2.52. The monoisotopic (exact) mass is 226 g/mol. The molecule has 0 aromatic carbocycles. The topological polar surface area (TPSA) is 29.3 Å². The summed E-state index contributed by atoms with van der Waals surface area (Å²) < 4.78 is 0. The first-order valence-corrected chi connectivity index (χ1v) is 7.43. The Labute approximate surface area is 97.0 Å². The number of fused-ring (bicyclic) bond motifs is 2. The third-order valence-electron chi connectivity index (χ3n) is 4.42. The number of hydrogen-bond donors (Lipinski definition) is 1. The van der Waals surface area contributed by atoms with E-state index in [2.05, 4.69) is 23.6 Å². The summed E-state index contributed by atoms with van der Waals surface area (Å²) in [7, 11) is 0. The molecule has 0 saturated carbocycles. The van der Waals surface area contributed by atoms with E-state index in [1.807, 2.05) is 0 Å². The average Bonchev–Trinajstić information content (AvgIpc) is 2.69. The molecule has 4 atom stereocenters. The summed E-state index contributed by atoms with van der Waals surface area (Å²) in [5.74, 6) is 1.36. The van der Waals surface area contributed by atoms with Gasteiger partial charge in [-0.25, -0.2) is 0 Å². The molecule has 2 nitrogen and oxygen atoms in total. The molecule has 3 fully saturated rings. The fourth-order valence-electron chi connectivity index (χ4n) is 3.85. The number of thioether (sulfide) groups is 1. The SMILES string of the molecule is CC1CC(N2C3CCC2CC(N)C3)CS1. The van der Waals surface area contributed by atoms with Crippen molar-refractivity contribution in [1.82, 2.24) is 4.90 Å². The van der Waals surface area contributed by atoms with Crippen LogP contribution in [0.4, 0.5) is 0 Å². The molecule has 15 heavy (non-hydrogen) atoms. The summed E-state index contributed by atoms with van der Waals surface area (Å²) >= 11 is 2.16. The predicted octanol–water partition coefficient (Wildman–Crippen LogP) is 1.83. The molecule has 0 aromatic heterocycles. The van der Waals surface area contributed by atoms with E-state index < -0.39 is 0 Å². The lowest BCUT2D eigenvalue weighted by atomic mass is 9.95. The second kappa shape index (κ2) is 3.94. The van der Waals surface area contributed by atoms with Crippen molar-refractivity contribution in [3.8, 4) is 0 Å². The molecule has 3 rings (SSSR count). The highest BCUT2D eigenvalue weighted by Crippen LogP contribution is 2.41. The molecule has 3 saturated heterocycles. The maximum absolute atomic E-state index is 6.11. The van der Waals surface area contributed by atoms with Gasteiger partial charge < -0.3 is 5.73 Å². The Bertz CT molecular complexity index is 232. The van der Waals surface area contributed by atoms with Crippen molar-refractivity contribution in [3.63, 3.8) is 0 Å². The fourth-order valence-corrected chi connectivity index (χ4v) is 5.07. The molecule has 3 aliphatic rings. The van der Waals surface area contributed by atoms with Crippen LogP contribution in [-0.2, 0) is 0 Å². The van der Waals surface area contributed by atoms with Crippen LogP contribution in [0.2, 0.25) is 0 Å². The van der Waals surface area contributed by atoms with Gasteiger partial charge in [0.05, 0.1) is 0 Å². The molecule has 0 aromatic rings. The van der Waals surface area contributed by atoms with Gasteiger partial charge in [-0.1, -0.05) is 6.92 Å². The van der Waals surface area contributed by atoms with Crippen molar-refractivity contribution in [2.75, 3.05) is 5.75 Å². The first-order chi connectivity index (χ1) is 7.24. The molecule has 0 aliphatic carbocycles. The minimum atomic E-state index is 0.491. The van der Waals surface area contributed by atoms with Crippen LogP contribution in [-0.4, -0.2) is 40.1 Å². The second-order valence-electron chi connectivity index (χ2n) is 5.60. The highest BCUT2D eigenvalue weighted by Gasteiger charge is 2.44. The quantitative estimate of drug-likeness (QED) is 0.740. The Morgan fingerprint density at radius 2 is 1.73 bits per heavy atom. The van der Waals surface area contributed by atoms with Crippen LogP contribution < -0.4 is 5.73 Å². The van der Waals surface area contributed by atoms with E-state index in [1.54, 1.807) is 0 Å². The summed E-state index contributed by atoms with van der Waals surface area (Å²) in [4.78, 5) is 2.85. The average molecular weight is 226 g/mol. The van der Waals surface area contributed by atoms with E-state index in [-0.39, 0.29) is 0 Å². The van der Waals surface area contributed by atoms with Gasteiger partial charge in [0.15, 0.2) is 0 Å². The highest BCUT2D eigenvalue weighted by atomic mass is 32.2. The van der Waals surface area contributed by atoms with Gasteiger partial charge >= 0.3 is 0 Å². The largest absolute Gasteiger partial charge is 0.328 e. The number of nitrogens with two attached hydrogens (primary N) is 1. The molecule has 3 heterocycles. The first kappa shape index (κ1) is 10.4. The Kier molecular flexibility index (Phi) is 2.74. The van der Waals surface area contributed by atoms with Crippen molar-refractivity contribution in [3.05, 3.63) is 0 Å². The molecule has 3 aliphatic heterocycles. The standard InChI is InChI=1S/C12H22N2S/c1-8-4-12(7-15-8)14-10-2-3-11(14)6-9(13)5-10/h8-12H,2-7,13H2,1H3. The normalized spacial score (nSPS) is 51.2. The van der Waals surface area contributed by atoms with E-state index in [1.165, 1.54) is 37.9 Å². The van der Waals surface area contributed by atoms with Crippen LogP contribution in [0.1, 0.15) is 39.0 Å². The molecule has 4 unspecified atom stereocenters. The Hall–Kier alpha value is 0.270. The molecule has 86 valence electrons. The van der Waals surface area contributed by atoms with Crippen LogP contribution in [0.3, 0.4) is 0 Å². The third kappa shape index (κ3) is 1.83. The zero-order chi connectivity index (χ0) is 10.4. The molecule has 0 spiro atoms. The van der Waals surface area contributed by atoms with Gasteiger partial charge in [0.25, 0.3) is 0 Å². The molecular weight excluding hydrogens is 204 g/mol. The van der Waals surface area contributed by atoms with E-state index >= 15 is 0 Å². The molecule has 0 radical (unpaired) electrons. The molecule has 2 N–H and O–H groups in total. The maximum atomic E-state index is 6.11. The zero-order valence-corrected chi connectivity index (χ0v) is 10.4. The molecule has 2 bridgehead atoms. The lowest BCUT2D eigenvalue weighted by Gasteiger charge is -2.41. The van der Waals surface area contributed by atoms with Crippen molar-refractivity contribution < 1.29 is 0 Å². The minimum Gasteiger partial charge on any atom is -0.328 e. The Morgan fingerprint density at radius 1 is 1.07 bits per heavy atom. The van der Waals surface area contributed by atoms with Gasteiger partial charge in [-0.2, -0.15) is 11.8 Å². The van der Waals surface area contributed by atoms with Crippen molar-refractivity contribution >= 4 is 11.8 Å². The van der Waals surface area contributed by atoms with Gasteiger partial charge in [-0.15, -0.1) is 0 Å². The van der Waals surface area contributed by atoms with Gasteiger partial charge in [0.1, 0.15) is 0 Å².